The summed E-state index contributed by atoms with van der Waals surface area (Å²) in [7, 11) is 2.55. The first-order valence-electron chi connectivity index (χ1n) is 12.5. The van der Waals surface area contributed by atoms with Crippen LogP contribution in [0.15, 0.2) is 60.0 Å². The van der Waals surface area contributed by atoms with Crippen LogP contribution in [0.25, 0.3) is 0 Å². The lowest BCUT2D eigenvalue weighted by Gasteiger charge is -2.33. The van der Waals surface area contributed by atoms with Gasteiger partial charge in [0.15, 0.2) is 0 Å². The molecule has 9 heteroatoms. The largest absolute Gasteiger partial charge is 0.465 e. The zero-order chi connectivity index (χ0) is 27.0. The molecule has 37 heavy (non-hydrogen) atoms. The van der Waals surface area contributed by atoms with E-state index in [4.69, 9.17) is 14.2 Å². The number of anilines is 1. The van der Waals surface area contributed by atoms with Crippen LogP contribution in [0.3, 0.4) is 0 Å². The molecule has 9 nitrogen and oxygen atoms in total. The van der Waals surface area contributed by atoms with Crippen LogP contribution in [-0.2, 0) is 30.3 Å². The summed E-state index contributed by atoms with van der Waals surface area (Å²) in [5.41, 5.74) is 1.51. The summed E-state index contributed by atoms with van der Waals surface area (Å²) in [6.45, 7) is 8.60. The monoisotopic (exact) mass is 511 g/mol. The molecular weight excluding hydrogens is 474 g/mol. The first-order valence-corrected chi connectivity index (χ1v) is 12.5. The van der Waals surface area contributed by atoms with Gasteiger partial charge < -0.3 is 29.3 Å². The van der Waals surface area contributed by atoms with E-state index in [0.717, 1.165) is 24.9 Å². The summed E-state index contributed by atoms with van der Waals surface area (Å²) in [6, 6.07) is 7.74. The van der Waals surface area contributed by atoms with Crippen LogP contribution in [0.4, 0.5) is 10.5 Å². The quantitative estimate of drug-likeness (QED) is 0.435. The Morgan fingerprint density at radius 1 is 0.973 bits per heavy atom. The number of carbonyl (C=O) groups is 3. The maximum atomic E-state index is 12.6. The second kappa shape index (κ2) is 12.6. The van der Waals surface area contributed by atoms with Crippen molar-refractivity contribution < 1.29 is 28.6 Å². The predicted molar refractivity (Wildman–Crippen MR) is 140 cm³/mol. The molecule has 1 aromatic carbocycles. The molecule has 1 saturated heterocycles. The molecule has 1 aromatic rings. The fourth-order valence-corrected chi connectivity index (χ4v) is 4.21. The Hall–Kier alpha value is -3.59. The summed E-state index contributed by atoms with van der Waals surface area (Å²) in [6.07, 6.45) is 8.28. The summed E-state index contributed by atoms with van der Waals surface area (Å²) in [4.78, 5) is 40.5. The van der Waals surface area contributed by atoms with E-state index in [2.05, 4.69) is 5.32 Å². The van der Waals surface area contributed by atoms with Crippen molar-refractivity contribution in [2.24, 2.45) is 5.92 Å². The van der Waals surface area contributed by atoms with Crippen molar-refractivity contribution in [1.82, 2.24) is 10.2 Å². The molecule has 0 unspecified atom stereocenters. The third kappa shape index (κ3) is 7.69. The van der Waals surface area contributed by atoms with E-state index >= 15 is 0 Å². The number of methoxy groups -OCH3 is 2. The average molecular weight is 512 g/mol. The van der Waals surface area contributed by atoms with E-state index in [9.17, 15) is 14.4 Å². The van der Waals surface area contributed by atoms with Gasteiger partial charge in [0.2, 0.25) is 0 Å². The predicted octanol–water partition coefficient (Wildman–Crippen LogP) is 3.91. The number of nitrogens with zero attached hydrogens (tertiary/aromatic N) is 2. The third-order valence-electron chi connectivity index (χ3n) is 6.13. The maximum Gasteiger partial charge on any atom is 0.410 e. The van der Waals surface area contributed by atoms with Gasteiger partial charge in [-0.3, -0.25) is 0 Å². The lowest BCUT2D eigenvalue weighted by atomic mass is 9.97. The van der Waals surface area contributed by atoms with Crippen molar-refractivity contribution in [3.63, 3.8) is 0 Å². The molecule has 3 rings (SSSR count). The van der Waals surface area contributed by atoms with Gasteiger partial charge in [-0.25, -0.2) is 14.4 Å². The van der Waals surface area contributed by atoms with Gasteiger partial charge in [0.05, 0.1) is 19.8 Å². The molecule has 0 saturated carbocycles. The van der Waals surface area contributed by atoms with Crippen molar-refractivity contribution in [2.75, 3.05) is 38.8 Å². The molecule has 1 amide bonds. The van der Waals surface area contributed by atoms with Crippen molar-refractivity contribution in [1.29, 1.82) is 0 Å². The molecule has 2 aliphatic heterocycles. The second-order valence-corrected chi connectivity index (χ2v) is 10.0. The number of hydrogen-bond donors (Lipinski definition) is 1. The Balaban J connectivity index is 1.57. The molecule has 2 aliphatic rings. The highest BCUT2D eigenvalue weighted by Crippen LogP contribution is 2.27. The summed E-state index contributed by atoms with van der Waals surface area (Å²) in [5, 5.41) is 3.51. The standard InChI is InChI=1S/C28H37N3O6/c1-28(2,3)37-27(34)30-16-13-21(14-17-30)19-29-18-20-9-11-22(12-10-20)31-15-7-6-8-23(25(32)35-4)24(31)26(33)36-5/h6-12,15,21,29H,13-14,16-19H2,1-5H3. The molecular formula is C28H37N3O6. The van der Waals surface area contributed by atoms with Gasteiger partial charge in [-0.2, -0.15) is 0 Å². The van der Waals surface area contributed by atoms with Crippen LogP contribution < -0.4 is 10.2 Å². The topological polar surface area (TPSA) is 97.4 Å². The van der Waals surface area contributed by atoms with E-state index in [-0.39, 0.29) is 17.4 Å². The number of hydrogen-bond acceptors (Lipinski definition) is 8. The molecule has 0 radical (unpaired) electrons. The average Bonchev–Trinajstić information content (AvgIpc) is 3.11. The minimum Gasteiger partial charge on any atom is -0.465 e. The van der Waals surface area contributed by atoms with Crippen molar-refractivity contribution in [3.8, 4) is 0 Å². The normalized spacial score (nSPS) is 16.5. The Morgan fingerprint density at radius 2 is 1.62 bits per heavy atom. The lowest BCUT2D eigenvalue weighted by Crippen LogP contribution is -2.43. The SMILES string of the molecule is COC(=O)C1=C(C(=O)OC)N(c2ccc(CNCC3CCN(C(=O)OC(C)(C)C)CC3)cc2)C=CC=C1. The third-order valence-corrected chi connectivity index (χ3v) is 6.13. The number of esters is 2. The van der Waals surface area contributed by atoms with Gasteiger partial charge in [-0.1, -0.05) is 18.2 Å². The number of amides is 1. The Bertz CT molecular complexity index is 1060. The van der Waals surface area contributed by atoms with Gasteiger partial charge in [0.1, 0.15) is 11.3 Å². The molecule has 200 valence electrons. The van der Waals surface area contributed by atoms with Crippen molar-refractivity contribution in [2.45, 2.75) is 45.8 Å². The van der Waals surface area contributed by atoms with Crippen molar-refractivity contribution in [3.05, 3.63) is 65.5 Å². The Morgan fingerprint density at radius 3 is 2.22 bits per heavy atom. The highest BCUT2D eigenvalue weighted by molar-refractivity contribution is 6.05. The Labute approximate surface area is 218 Å². The highest BCUT2D eigenvalue weighted by atomic mass is 16.6. The summed E-state index contributed by atoms with van der Waals surface area (Å²) < 4.78 is 15.3. The van der Waals surface area contributed by atoms with Crippen molar-refractivity contribution >= 4 is 23.7 Å². The van der Waals surface area contributed by atoms with Crippen LogP contribution in [0.1, 0.15) is 39.2 Å². The summed E-state index contributed by atoms with van der Waals surface area (Å²) in [5.74, 6) is -0.764. The number of rotatable bonds is 7. The minimum atomic E-state index is -0.639. The Kier molecular flexibility index (Phi) is 9.52. The van der Waals surface area contributed by atoms with Gasteiger partial charge in [0.25, 0.3) is 0 Å². The fraction of sp³-hybridized carbons (Fsp3) is 0.464. The molecule has 0 bridgehead atoms. The second-order valence-electron chi connectivity index (χ2n) is 10.0. The molecule has 0 atom stereocenters. The first-order chi connectivity index (χ1) is 17.6. The van der Waals surface area contributed by atoms with Gasteiger partial charge in [-0.05, 0) is 75.9 Å². The van der Waals surface area contributed by atoms with E-state index in [1.807, 2.05) is 45.0 Å². The van der Waals surface area contributed by atoms with Crippen LogP contribution in [0.5, 0.6) is 0 Å². The highest BCUT2D eigenvalue weighted by Gasteiger charge is 2.28. The van der Waals surface area contributed by atoms with Gasteiger partial charge in [-0.15, -0.1) is 0 Å². The number of benzene rings is 1. The molecule has 1 fully saturated rings. The van der Waals surface area contributed by atoms with E-state index in [1.54, 1.807) is 28.2 Å². The summed E-state index contributed by atoms with van der Waals surface area (Å²) >= 11 is 0. The van der Waals surface area contributed by atoms with E-state index in [0.29, 0.717) is 31.2 Å². The minimum absolute atomic E-state index is 0.0861. The number of ether oxygens (including phenoxy) is 3. The first kappa shape index (κ1) is 28.0. The zero-order valence-electron chi connectivity index (χ0n) is 22.3. The lowest BCUT2D eigenvalue weighted by molar-refractivity contribution is -0.139. The molecule has 0 spiro atoms. The molecule has 0 aliphatic carbocycles. The molecule has 1 N–H and O–H groups in total. The fourth-order valence-electron chi connectivity index (χ4n) is 4.21. The maximum absolute atomic E-state index is 12.6. The van der Waals surface area contributed by atoms with E-state index < -0.39 is 17.5 Å². The van der Waals surface area contributed by atoms with Crippen LogP contribution in [0.2, 0.25) is 0 Å². The van der Waals surface area contributed by atoms with Crippen LogP contribution >= 0.6 is 0 Å². The number of nitrogens with one attached hydrogen (secondary N) is 1. The van der Waals surface area contributed by atoms with Crippen LogP contribution in [0, 0.1) is 5.92 Å². The molecule has 0 aromatic heterocycles. The number of likely N-dealkylation sites (tertiary alicyclic amines) is 1. The van der Waals surface area contributed by atoms with Gasteiger partial charge >= 0.3 is 18.0 Å². The van der Waals surface area contributed by atoms with E-state index in [1.165, 1.54) is 20.3 Å². The van der Waals surface area contributed by atoms with Crippen LogP contribution in [-0.4, -0.2) is 62.4 Å². The number of allylic oxidation sites excluding steroid dienone is 2. The molecule has 2 heterocycles. The number of piperidine rings is 1. The van der Waals surface area contributed by atoms with Gasteiger partial charge in [0, 0.05) is 31.5 Å². The zero-order valence-corrected chi connectivity index (χ0v) is 22.3. The smallest absolute Gasteiger partial charge is 0.410 e. The number of carbonyl (C=O) groups excluding carboxylic acids is 3.